The van der Waals surface area contributed by atoms with E-state index in [1.807, 2.05) is 97.9 Å². The minimum Gasteiger partial charge on any atom is -0.476 e. The van der Waals surface area contributed by atoms with Gasteiger partial charge in [-0.25, -0.2) is 9.37 Å². The van der Waals surface area contributed by atoms with Crippen LogP contribution in [0, 0.1) is 0 Å². The predicted molar refractivity (Wildman–Crippen MR) is 174 cm³/mol. The number of ether oxygens (including phenoxy) is 2. The minimum absolute atomic E-state index is 0.159. The van der Waals surface area contributed by atoms with Gasteiger partial charge in [0.25, 0.3) is 5.95 Å². The molecule has 0 saturated carbocycles. The van der Waals surface area contributed by atoms with E-state index in [1.54, 1.807) is 12.2 Å². The summed E-state index contributed by atoms with van der Waals surface area (Å²) in [5.74, 6) is 0.368. The van der Waals surface area contributed by atoms with Crippen LogP contribution in [0.2, 0.25) is 0 Å². The van der Waals surface area contributed by atoms with Crippen LogP contribution < -0.4 is 9.80 Å². The SMILES string of the molecule is CCOc1nc(N(OC)C(c2ccccc2)(c2ccccc2)c2ccccc2)nc2c1ncn2C1O[C@@H](CI)[C@H](O)C1(C)F. The van der Waals surface area contributed by atoms with Crippen molar-refractivity contribution in [3.8, 4) is 5.88 Å². The molecule has 1 saturated heterocycles. The van der Waals surface area contributed by atoms with E-state index in [1.165, 1.54) is 17.8 Å². The summed E-state index contributed by atoms with van der Waals surface area (Å²) in [6.45, 7) is 3.49. The summed E-state index contributed by atoms with van der Waals surface area (Å²) in [6, 6.07) is 29.9. The molecule has 1 fully saturated rings. The average molecular weight is 710 g/mol. The van der Waals surface area contributed by atoms with Crippen LogP contribution in [0.1, 0.15) is 36.8 Å². The maximum absolute atomic E-state index is 16.1. The highest BCUT2D eigenvalue weighted by Crippen LogP contribution is 2.46. The van der Waals surface area contributed by atoms with Crippen molar-refractivity contribution in [3.05, 3.63) is 114 Å². The van der Waals surface area contributed by atoms with Gasteiger partial charge in [-0.05, 0) is 30.5 Å². The Morgan fingerprint density at radius 1 is 0.977 bits per heavy atom. The summed E-state index contributed by atoms with van der Waals surface area (Å²) in [4.78, 5) is 20.6. The van der Waals surface area contributed by atoms with Crippen molar-refractivity contribution < 1.29 is 23.8 Å². The van der Waals surface area contributed by atoms with Crippen molar-refractivity contribution in [1.29, 1.82) is 0 Å². The van der Waals surface area contributed by atoms with Gasteiger partial charge in [0.1, 0.15) is 11.6 Å². The Bertz CT molecular complexity index is 1610. The second kappa shape index (κ2) is 12.4. The van der Waals surface area contributed by atoms with Gasteiger partial charge in [-0.1, -0.05) is 114 Å². The van der Waals surface area contributed by atoms with E-state index in [9.17, 15) is 5.11 Å². The van der Waals surface area contributed by atoms with E-state index < -0.39 is 29.6 Å². The number of aliphatic hydroxyl groups is 1. The highest BCUT2D eigenvalue weighted by atomic mass is 127. The molecule has 0 bridgehead atoms. The number of benzene rings is 3. The van der Waals surface area contributed by atoms with E-state index in [0.29, 0.717) is 16.6 Å². The third kappa shape index (κ3) is 4.91. The number of anilines is 1. The van der Waals surface area contributed by atoms with Gasteiger partial charge in [-0.2, -0.15) is 15.0 Å². The number of aromatic nitrogens is 4. The Hall–Kier alpha value is -3.65. The van der Waals surface area contributed by atoms with Crippen LogP contribution in [-0.4, -0.2) is 60.6 Å². The van der Waals surface area contributed by atoms with E-state index in [2.05, 4.69) is 27.6 Å². The number of aliphatic hydroxyl groups excluding tert-OH is 1. The standard InChI is InChI=1S/C33H33FIN5O4/c1-4-43-29-26-28(39(21-36-26)30-32(2,34)27(41)25(20-35)44-30)37-31(38-29)40(42-3)33(22-14-8-5-9-15-22,23-16-10-6-11-17-23)24-18-12-7-13-19-24/h5-19,21,25,27,30,41H,4,20H2,1-3H3/t25-,27-,30?,32?/m0/s1. The third-order valence-corrected chi connectivity index (χ3v) is 8.89. The largest absolute Gasteiger partial charge is 0.476 e. The van der Waals surface area contributed by atoms with E-state index >= 15 is 4.39 Å². The molecule has 0 radical (unpaired) electrons. The first-order chi connectivity index (χ1) is 21.4. The molecule has 1 N–H and O–H groups in total. The zero-order valence-electron chi connectivity index (χ0n) is 24.5. The highest BCUT2D eigenvalue weighted by Gasteiger charge is 2.55. The zero-order chi connectivity index (χ0) is 30.9. The van der Waals surface area contributed by atoms with Crippen LogP contribution >= 0.6 is 22.6 Å². The summed E-state index contributed by atoms with van der Waals surface area (Å²) in [5, 5.41) is 12.4. The van der Waals surface area contributed by atoms with Gasteiger partial charge in [-0.15, -0.1) is 0 Å². The molecule has 1 aliphatic rings. The molecule has 9 nitrogen and oxygen atoms in total. The van der Waals surface area contributed by atoms with E-state index in [0.717, 1.165) is 16.7 Å². The van der Waals surface area contributed by atoms with Gasteiger partial charge in [0.2, 0.25) is 5.88 Å². The van der Waals surface area contributed by atoms with Crippen LogP contribution in [0.25, 0.3) is 11.2 Å². The number of halogens is 2. The zero-order valence-corrected chi connectivity index (χ0v) is 26.7. The summed E-state index contributed by atoms with van der Waals surface area (Å²) in [5.41, 5.74) is 0.139. The van der Waals surface area contributed by atoms with Crippen LogP contribution in [-0.2, 0) is 15.1 Å². The van der Waals surface area contributed by atoms with Gasteiger partial charge >= 0.3 is 0 Å². The highest BCUT2D eigenvalue weighted by molar-refractivity contribution is 14.1. The molecule has 1 aliphatic heterocycles. The first-order valence-electron chi connectivity index (χ1n) is 14.3. The maximum atomic E-state index is 16.1. The summed E-state index contributed by atoms with van der Waals surface area (Å²) in [7, 11) is 1.56. The molecule has 6 rings (SSSR count). The van der Waals surface area contributed by atoms with Crippen LogP contribution in [0.3, 0.4) is 0 Å². The van der Waals surface area contributed by atoms with Crippen LogP contribution in [0.5, 0.6) is 5.88 Å². The summed E-state index contributed by atoms with van der Waals surface area (Å²) >= 11 is 2.08. The number of rotatable bonds is 10. The fourth-order valence-corrected chi connectivity index (χ4v) is 6.67. The number of hydrogen-bond acceptors (Lipinski definition) is 8. The van der Waals surface area contributed by atoms with Gasteiger partial charge < -0.3 is 14.6 Å². The lowest BCUT2D eigenvalue weighted by atomic mass is 9.76. The molecule has 228 valence electrons. The number of nitrogens with zero attached hydrogens (tertiary/aromatic N) is 5. The second-order valence-corrected chi connectivity index (χ2v) is 11.5. The first kappa shape index (κ1) is 30.4. The molecule has 44 heavy (non-hydrogen) atoms. The van der Waals surface area contributed by atoms with Gasteiger partial charge in [0.05, 0.1) is 26.1 Å². The Balaban J connectivity index is 1.64. The Kier molecular flexibility index (Phi) is 8.55. The summed E-state index contributed by atoms with van der Waals surface area (Å²) in [6.07, 6.45) is -1.76. The average Bonchev–Trinajstić information content (AvgIpc) is 3.58. The molecule has 0 aliphatic carbocycles. The molecular weight excluding hydrogens is 676 g/mol. The molecule has 2 unspecified atom stereocenters. The third-order valence-electron chi connectivity index (χ3n) is 8.02. The Labute approximate surface area is 268 Å². The predicted octanol–water partition coefficient (Wildman–Crippen LogP) is 6.01. The summed E-state index contributed by atoms with van der Waals surface area (Å²) < 4.78 is 30.0. The lowest BCUT2D eigenvalue weighted by Crippen LogP contribution is -2.48. The van der Waals surface area contributed by atoms with Crippen molar-refractivity contribution in [2.24, 2.45) is 0 Å². The quantitative estimate of drug-likeness (QED) is 0.0817. The van der Waals surface area contributed by atoms with Crippen molar-refractivity contribution >= 4 is 39.7 Å². The van der Waals surface area contributed by atoms with E-state index in [-0.39, 0.29) is 17.5 Å². The molecule has 11 heteroatoms. The van der Waals surface area contributed by atoms with Crippen molar-refractivity contribution in [2.45, 2.75) is 43.5 Å². The molecule has 5 aromatic rings. The smallest absolute Gasteiger partial charge is 0.256 e. The lowest BCUT2D eigenvalue weighted by Gasteiger charge is -2.43. The fourth-order valence-electron chi connectivity index (χ4n) is 5.98. The number of hydroxylamine groups is 1. The lowest BCUT2D eigenvalue weighted by molar-refractivity contribution is -0.0413. The van der Waals surface area contributed by atoms with Gasteiger partial charge in [-0.3, -0.25) is 9.40 Å². The number of alkyl halides is 2. The van der Waals surface area contributed by atoms with E-state index in [4.69, 9.17) is 24.3 Å². The molecule has 0 amide bonds. The second-order valence-electron chi connectivity index (χ2n) is 10.6. The number of imidazole rings is 1. The maximum Gasteiger partial charge on any atom is 0.256 e. The fraction of sp³-hybridized carbons (Fsp3) is 0.303. The van der Waals surface area contributed by atoms with Crippen LogP contribution in [0.4, 0.5) is 10.3 Å². The Morgan fingerprint density at radius 2 is 1.52 bits per heavy atom. The normalized spacial score (nSPS) is 21.9. The van der Waals surface area contributed by atoms with Crippen molar-refractivity contribution in [2.75, 3.05) is 23.2 Å². The molecule has 3 heterocycles. The van der Waals surface area contributed by atoms with Crippen molar-refractivity contribution in [3.63, 3.8) is 0 Å². The number of fused-ring (bicyclic) bond motifs is 1. The van der Waals surface area contributed by atoms with Gasteiger partial charge in [0.15, 0.2) is 23.1 Å². The van der Waals surface area contributed by atoms with Crippen molar-refractivity contribution in [1.82, 2.24) is 19.5 Å². The monoisotopic (exact) mass is 709 g/mol. The molecule has 3 aromatic carbocycles. The number of hydrogen-bond donors (Lipinski definition) is 1. The van der Waals surface area contributed by atoms with Crippen LogP contribution in [0.15, 0.2) is 97.3 Å². The molecule has 2 aromatic heterocycles. The first-order valence-corrected chi connectivity index (χ1v) is 15.9. The minimum atomic E-state index is -2.11. The Morgan fingerprint density at radius 3 is 1.98 bits per heavy atom. The van der Waals surface area contributed by atoms with Gasteiger partial charge in [0, 0.05) is 4.43 Å². The topological polar surface area (TPSA) is 94.8 Å². The molecule has 4 atom stereocenters. The molecular formula is C33H33FIN5O4. The molecule has 0 spiro atoms.